The zero-order valence-electron chi connectivity index (χ0n) is 20.9. The second kappa shape index (κ2) is 10.8. The van der Waals surface area contributed by atoms with E-state index in [0.717, 1.165) is 46.9 Å². The molecule has 0 saturated carbocycles. The lowest BCUT2D eigenvalue weighted by Gasteiger charge is -2.30. The Morgan fingerprint density at radius 2 is 1.74 bits per heavy atom. The number of anilines is 3. The Kier molecular flexibility index (Phi) is 7.28. The van der Waals surface area contributed by atoms with Crippen molar-refractivity contribution in [2.45, 2.75) is 45.0 Å². The molecular formula is C29H28F3N5O. The molecule has 9 heteroatoms. The second-order valence-corrected chi connectivity index (χ2v) is 9.46. The SMILES string of the molecule is CC(Cc1cccc(CO)c1)Nc1nc(N2CCCc3ccc(-c4ccccc4)nc32)cc(C(F)(F)F)n1. The van der Waals surface area contributed by atoms with E-state index < -0.39 is 11.9 Å². The lowest BCUT2D eigenvalue weighted by Crippen LogP contribution is -2.28. The van der Waals surface area contributed by atoms with Gasteiger partial charge in [-0.25, -0.2) is 9.97 Å². The van der Waals surface area contributed by atoms with E-state index in [4.69, 9.17) is 4.98 Å². The topological polar surface area (TPSA) is 74.2 Å². The molecule has 2 aromatic heterocycles. The van der Waals surface area contributed by atoms with Gasteiger partial charge in [-0.15, -0.1) is 0 Å². The molecular weight excluding hydrogens is 491 g/mol. The molecule has 1 unspecified atom stereocenters. The van der Waals surface area contributed by atoms with Crippen molar-refractivity contribution in [2.75, 3.05) is 16.8 Å². The Morgan fingerprint density at radius 3 is 2.50 bits per heavy atom. The summed E-state index contributed by atoms with van der Waals surface area (Å²) in [4.78, 5) is 14.9. The van der Waals surface area contributed by atoms with E-state index in [9.17, 15) is 18.3 Å². The van der Waals surface area contributed by atoms with Crippen molar-refractivity contribution in [1.29, 1.82) is 0 Å². The van der Waals surface area contributed by atoms with Gasteiger partial charge in [-0.3, -0.25) is 0 Å². The van der Waals surface area contributed by atoms with Crippen LogP contribution in [-0.2, 0) is 25.6 Å². The molecule has 2 aromatic carbocycles. The number of alkyl halides is 3. The first-order chi connectivity index (χ1) is 18.3. The quantitative estimate of drug-likeness (QED) is 0.304. The summed E-state index contributed by atoms with van der Waals surface area (Å²) in [7, 11) is 0. The zero-order valence-corrected chi connectivity index (χ0v) is 20.9. The highest BCUT2D eigenvalue weighted by atomic mass is 19.4. The highest BCUT2D eigenvalue weighted by Crippen LogP contribution is 2.36. The number of hydrogen-bond acceptors (Lipinski definition) is 6. The molecule has 0 aliphatic carbocycles. The molecule has 0 amide bonds. The van der Waals surface area contributed by atoms with Gasteiger partial charge in [0, 0.05) is 24.2 Å². The van der Waals surface area contributed by atoms with Crippen LogP contribution in [-0.4, -0.2) is 32.6 Å². The maximum atomic E-state index is 13.9. The number of pyridine rings is 1. The van der Waals surface area contributed by atoms with Crippen molar-refractivity contribution in [2.24, 2.45) is 0 Å². The van der Waals surface area contributed by atoms with E-state index in [1.165, 1.54) is 0 Å². The van der Waals surface area contributed by atoms with Crippen LogP contribution in [0.25, 0.3) is 11.3 Å². The molecule has 3 heterocycles. The smallest absolute Gasteiger partial charge is 0.392 e. The molecule has 0 bridgehead atoms. The van der Waals surface area contributed by atoms with Crippen molar-refractivity contribution in [1.82, 2.24) is 15.0 Å². The van der Waals surface area contributed by atoms with Gasteiger partial charge in [0.05, 0.1) is 12.3 Å². The summed E-state index contributed by atoms with van der Waals surface area (Å²) in [5, 5.41) is 12.4. The third kappa shape index (κ3) is 5.78. The Hall–Kier alpha value is -3.98. The van der Waals surface area contributed by atoms with Gasteiger partial charge in [0.15, 0.2) is 5.69 Å². The van der Waals surface area contributed by atoms with Crippen LogP contribution >= 0.6 is 0 Å². The molecule has 0 spiro atoms. The number of hydrogen-bond donors (Lipinski definition) is 2. The van der Waals surface area contributed by atoms with Crippen molar-refractivity contribution in [3.63, 3.8) is 0 Å². The van der Waals surface area contributed by atoms with Crippen LogP contribution < -0.4 is 10.2 Å². The lowest BCUT2D eigenvalue weighted by molar-refractivity contribution is -0.141. The lowest BCUT2D eigenvalue weighted by atomic mass is 10.0. The van der Waals surface area contributed by atoms with E-state index in [1.54, 1.807) is 4.90 Å². The van der Waals surface area contributed by atoms with Crippen LogP contribution in [0.5, 0.6) is 0 Å². The monoisotopic (exact) mass is 519 g/mol. The van der Waals surface area contributed by atoms with E-state index in [-0.39, 0.29) is 24.4 Å². The van der Waals surface area contributed by atoms with Gasteiger partial charge in [-0.2, -0.15) is 18.2 Å². The number of fused-ring (bicyclic) bond motifs is 1. The normalized spacial score (nSPS) is 14.2. The summed E-state index contributed by atoms with van der Waals surface area (Å²) in [5.41, 5.74) is 3.37. The van der Waals surface area contributed by atoms with Crippen molar-refractivity contribution in [3.8, 4) is 11.3 Å². The minimum atomic E-state index is -4.63. The van der Waals surface area contributed by atoms with Gasteiger partial charge >= 0.3 is 6.18 Å². The Bertz CT molecular complexity index is 1410. The molecule has 0 saturated heterocycles. The Balaban J connectivity index is 1.48. The van der Waals surface area contributed by atoms with Crippen LogP contribution in [0.15, 0.2) is 72.8 Å². The molecule has 6 nitrogen and oxygen atoms in total. The number of aliphatic hydroxyl groups is 1. The molecule has 196 valence electrons. The highest BCUT2D eigenvalue weighted by Gasteiger charge is 2.35. The fourth-order valence-corrected chi connectivity index (χ4v) is 4.69. The average Bonchev–Trinajstić information content (AvgIpc) is 2.92. The second-order valence-electron chi connectivity index (χ2n) is 9.46. The van der Waals surface area contributed by atoms with Gasteiger partial charge in [0.2, 0.25) is 5.95 Å². The molecule has 4 aromatic rings. The fraction of sp³-hybridized carbons (Fsp3) is 0.276. The van der Waals surface area contributed by atoms with Crippen LogP contribution in [0.2, 0.25) is 0 Å². The number of halogens is 3. The molecule has 2 N–H and O–H groups in total. The predicted molar refractivity (Wildman–Crippen MR) is 141 cm³/mol. The van der Waals surface area contributed by atoms with Crippen molar-refractivity contribution in [3.05, 3.63) is 95.2 Å². The van der Waals surface area contributed by atoms with Gasteiger partial charge in [0.25, 0.3) is 0 Å². The maximum Gasteiger partial charge on any atom is 0.433 e. The summed E-state index contributed by atoms with van der Waals surface area (Å²) in [6.45, 7) is 2.28. The van der Waals surface area contributed by atoms with Crippen molar-refractivity contribution >= 4 is 17.6 Å². The molecule has 0 radical (unpaired) electrons. The summed E-state index contributed by atoms with van der Waals surface area (Å²) >= 11 is 0. The molecule has 1 aliphatic rings. The Labute approximate surface area is 219 Å². The third-order valence-corrected chi connectivity index (χ3v) is 6.48. The van der Waals surface area contributed by atoms with Gasteiger partial charge in [-0.1, -0.05) is 60.7 Å². The largest absolute Gasteiger partial charge is 0.433 e. The molecule has 38 heavy (non-hydrogen) atoms. The first kappa shape index (κ1) is 25.7. The summed E-state index contributed by atoms with van der Waals surface area (Å²) in [6.07, 6.45) is -2.55. The van der Waals surface area contributed by atoms with Crippen LogP contribution in [0.4, 0.5) is 30.8 Å². The Morgan fingerprint density at radius 1 is 0.947 bits per heavy atom. The summed E-state index contributed by atoms with van der Waals surface area (Å²) in [6, 6.07) is 21.8. The van der Waals surface area contributed by atoms with Gasteiger partial charge in [-0.05, 0) is 48.9 Å². The zero-order chi connectivity index (χ0) is 26.7. The predicted octanol–water partition coefficient (Wildman–Crippen LogP) is 6.18. The number of nitrogens with one attached hydrogen (secondary N) is 1. The maximum absolute atomic E-state index is 13.9. The number of rotatable bonds is 7. The van der Waals surface area contributed by atoms with E-state index in [2.05, 4.69) is 15.3 Å². The molecule has 0 fully saturated rings. The van der Waals surface area contributed by atoms with Gasteiger partial charge in [0.1, 0.15) is 11.6 Å². The number of nitrogens with zero attached hydrogens (tertiary/aromatic N) is 4. The van der Waals surface area contributed by atoms with E-state index in [1.807, 2.05) is 73.7 Å². The number of benzene rings is 2. The summed E-state index contributed by atoms with van der Waals surface area (Å²) < 4.78 is 41.7. The minimum absolute atomic E-state index is 0.0763. The third-order valence-electron chi connectivity index (χ3n) is 6.48. The summed E-state index contributed by atoms with van der Waals surface area (Å²) in [5.74, 6) is 0.680. The first-order valence-corrected chi connectivity index (χ1v) is 12.5. The van der Waals surface area contributed by atoms with E-state index in [0.29, 0.717) is 18.8 Å². The van der Waals surface area contributed by atoms with Crippen LogP contribution in [0.3, 0.4) is 0 Å². The molecule has 5 rings (SSSR count). The average molecular weight is 520 g/mol. The fourth-order valence-electron chi connectivity index (χ4n) is 4.69. The van der Waals surface area contributed by atoms with E-state index >= 15 is 0 Å². The molecule has 1 atom stereocenters. The van der Waals surface area contributed by atoms with Crippen LogP contribution in [0.1, 0.15) is 35.7 Å². The number of aromatic nitrogens is 3. The van der Waals surface area contributed by atoms with Crippen molar-refractivity contribution < 1.29 is 18.3 Å². The highest BCUT2D eigenvalue weighted by molar-refractivity contribution is 5.68. The first-order valence-electron chi connectivity index (χ1n) is 12.5. The number of aliphatic hydroxyl groups excluding tert-OH is 1. The van der Waals surface area contributed by atoms with Crippen LogP contribution in [0, 0.1) is 0 Å². The minimum Gasteiger partial charge on any atom is -0.392 e. The molecule has 1 aliphatic heterocycles. The standard InChI is InChI=1S/C29H28F3N5O/c1-19(15-20-7-5-8-21(16-20)18-38)33-28-35-25(29(30,31)32)17-26(36-28)37-14-6-11-23-12-13-24(34-27(23)37)22-9-3-2-4-10-22/h2-5,7-10,12-13,16-17,19,38H,6,11,14-15,18H2,1H3,(H,33,35,36). The number of aryl methyl sites for hydroxylation is 1. The van der Waals surface area contributed by atoms with Gasteiger partial charge < -0.3 is 15.3 Å².